The number of hydrogen-bond acceptors (Lipinski definition) is 9. The minimum Gasteiger partial charge on any atom is -0.469 e. The molecule has 3 aliphatic heterocycles. The minimum atomic E-state index is -2.48. The van der Waals surface area contributed by atoms with Crippen molar-refractivity contribution in [1.82, 2.24) is 0 Å². The van der Waals surface area contributed by atoms with Crippen LogP contribution < -0.4 is 0 Å². The average Bonchev–Trinajstić information content (AvgIpc) is 3.11. The SMILES string of the molecule is C=C(I)CC(Cl)CCC1(C#CC(O[Si](CC)(CC)CC)C2OC3CCC(CC(=O)OC)O[C@@H]3C(O[Si](C)(C)C(C)(C)C)C2O[Si](C)(C)C(C)(C)C)OCCCO1. The topological polar surface area (TPSA) is 90.9 Å². The molecule has 56 heavy (non-hydrogen) atoms. The second kappa shape index (κ2) is 20.8. The van der Waals surface area contributed by atoms with Crippen molar-refractivity contribution in [2.45, 2.75) is 216 Å². The molecule has 0 aromatic rings. The Morgan fingerprint density at radius 1 is 0.929 bits per heavy atom. The number of esters is 1. The zero-order chi connectivity index (χ0) is 42.3. The first-order chi connectivity index (χ1) is 25.9. The molecule has 0 saturated carbocycles. The van der Waals surface area contributed by atoms with Crippen molar-refractivity contribution in [1.29, 1.82) is 0 Å². The number of fused-ring (bicyclic) bond motifs is 1. The fraction of sp³-hybridized carbons (Fsp3) is 0.881. The second-order valence-corrected chi connectivity index (χ2v) is 35.5. The molecule has 0 aromatic carbocycles. The fourth-order valence-electron chi connectivity index (χ4n) is 7.12. The van der Waals surface area contributed by atoms with E-state index < -0.39 is 61.3 Å². The second-order valence-electron chi connectivity index (χ2n) is 19.1. The van der Waals surface area contributed by atoms with Crippen LogP contribution in [0, 0.1) is 11.8 Å². The first-order valence-corrected chi connectivity index (χ1v) is 30.9. The quantitative estimate of drug-likeness (QED) is 0.0465. The largest absolute Gasteiger partial charge is 0.469 e. The standard InChI is InChI=1S/C42H76ClIO9Si3/c1-16-56(17-2,18-3)51-34(23-25-42(47-26-19-27-48-42)24-22-31(43)28-30(4)44)37-39(53-55(14,15)41(8,9)10)38(52-54(12,13)40(5,6)7)36-33(50-37)21-20-32(49-36)29-35(45)46-11/h31-34,36-39H,4,16-22,24,26-29H2,1-3,5-15H3/t31?,32?,33?,34?,36-,37?,38?,39?/m0/s1. The molecule has 3 aliphatic rings. The third-order valence-electron chi connectivity index (χ3n) is 13.1. The van der Waals surface area contributed by atoms with Gasteiger partial charge in [0.25, 0.3) is 0 Å². The van der Waals surface area contributed by atoms with Crippen molar-refractivity contribution >= 4 is 65.1 Å². The highest BCUT2D eigenvalue weighted by atomic mass is 127. The molecule has 3 saturated heterocycles. The van der Waals surface area contributed by atoms with Crippen molar-refractivity contribution in [3.63, 3.8) is 0 Å². The molecular formula is C42H76ClIO9Si3. The van der Waals surface area contributed by atoms with Gasteiger partial charge in [-0.05, 0) is 119 Å². The Labute approximate surface area is 362 Å². The normalized spacial score (nSPS) is 27.4. The van der Waals surface area contributed by atoms with Gasteiger partial charge in [-0.25, -0.2) is 0 Å². The van der Waals surface area contributed by atoms with E-state index in [9.17, 15) is 4.79 Å². The number of alkyl halides is 1. The Bertz CT molecular complexity index is 1340. The maximum atomic E-state index is 12.5. The van der Waals surface area contributed by atoms with E-state index in [4.69, 9.17) is 48.6 Å². The van der Waals surface area contributed by atoms with Crippen molar-refractivity contribution in [2.75, 3.05) is 20.3 Å². The third-order valence-corrected chi connectivity index (χ3v) is 27.5. The molecule has 7 unspecified atom stereocenters. The monoisotopic (exact) mass is 970 g/mol. The molecule has 324 valence electrons. The lowest BCUT2D eigenvalue weighted by molar-refractivity contribution is -0.266. The number of carbonyl (C=O) groups excluding carboxylic acids is 1. The van der Waals surface area contributed by atoms with E-state index in [2.05, 4.69) is 130 Å². The van der Waals surface area contributed by atoms with Gasteiger partial charge in [0, 0.05) is 11.8 Å². The summed E-state index contributed by atoms with van der Waals surface area (Å²) in [6, 6.07) is 2.83. The highest BCUT2D eigenvalue weighted by molar-refractivity contribution is 14.1. The van der Waals surface area contributed by atoms with E-state index in [1.807, 2.05) is 0 Å². The molecule has 0 spiro atoms. The van der Waals surface area contributed by atoms with Crippen LogP contribution in [-0.2, 0) is 41.8 Å². The van der Waals surface area contributed by atoms with Crippen LogP contribution in [0.25, 0.3) is 0 Å². The van der Waals surface area contributed by atoms with Crippen LogP contribution >= 0.6 is 34.2 Å². The summed E-state index contributed by atoms with van der Waals surface area (Å²) in [6.07, 6.45) is 0.847. The van der Waals surface area contributed by atoms with E-state index in [1.54, 1.807) is 0 Å². The Hall–Kier alpha value is 0.161. The number of halogens is 2. The Balaban J connectivity index is 2.28. The minimum absolute atomic E-state index is 0.0890. The van der Waals surface area contributed by atoms with E-state index in [1.165, 1.54) is 7.11 Å². The van der Waals surface area contributed by atoms with Gasteiger partial charge in [-0.3, -0.25) is 4.79 Å². The predicted octanol–water partition coefficient (Wildman–Crippen LogP) is 10.9. The lowest BCUT2D eigenvalue weighted by atomic mass is 9.87. The summed E-state index contributed by atoms with van der Waals surface area (Å²) in [4.78, 5) is 12.5. The van der Waals surface area contributed by atoms with E-state index >= 15 is 0 Å². The maximum absolute atomic E-state index is 12.5. The van der Waals surface area contributed by atoms with Gasteiger partial charge in [0.2, 0.25) is 5.79 Å². The summed E-state index contributed by atoms with van der Waals surface area (Å²) >= 11 is 9.03. The van der Waals surface area contributed by atoms with Gasteiger partial charge in [-0.15, -0.1) is 11.6 Å². The summed E-state index contributed by atoms with van der Waals surface area (Å²) in [5.41, 5.74) is 0. The fourth-order valence-corrected chi connectivity index (χ4v) is 13.5. The number of hydrogen-bond donors (Lipinski definition) is 0. The molecule has 9 nitrogen and oxygen atoms in total. The van der Waals surface area contributed by atoms with Crippen LogP contribution in [0.3, 0.4) is 0 Å². The number of allylic oxidation sites excluding steroid dienone is 1. The number of methoxy groups -OCH3 is 1. The highest BCUT2D eigenvalue weighted by Crippen LogP contribution is 2.46. The summed E-state index contributed by atoms with van der Waals surface area (Å²) in [6.45, 7) is 34.5. The van der Waals surface area contributed by atoms with Crippen LogP contribution in [0.5, 0.6) is 0 Å². The van der Waals surface area contributed by atoms with Crippen molar-refractivity contribution in [2.24, 2.45) is 0 Å². The maximum Gasteiger partial charge on any atom is 0.308 e. The van der Waals surface area contributed by atoms with Gasteiger partial charge in [-0.2, -0.15) is 0 Å². The van der Waals surface area contributed by atoms with Crippen molar-refractivity contribution < 1.29 is 41.8 Å². The smallest absolute Gasteiger partial charge is 0.308 e. The molecule has 0 N–H and O–H groups in total. The summed E-state index contributed by atoms with van der Waals surface area (Å²) in [5, 5.41) is -0.306. The summed E-state index contributed by atoms with van der Waals surface area (Å²) in [5.74, 6) is 5.76. The summed E-state index contributed by atoms with van der Waals surface area (Å²) < 4.78 is 55.6. The molecule has 0 bridgehead atoms. The molecule has 0 radical (unpaired) electrons. The lowest BCUT2D eigenvalue weighted by Gasteiger charge is -2.55. The van der Waals surface area contributed by atoms with E-state index in [-0.39, 0.29) is 40.1 Å². The first kappa shape index (κ1) is 50.5. The number of rotatable bonds is 17. The van der Waals surface area contributed by atoms with Gasteiger partial charge in [0.15, 0.2) is 25.0 Å². The van der Waals surface area contributed by atoms with Gasteiger partial charge in [-0.1, -0.05) is 74.8 Å². The van der Waals surface area contributed by atoms with Gasteiger partial charge >= 0.3 is 5.97 Å². The van der Waals surface area contributed by atoms with Crippen LogP contribution in [0.1, 0.15) is 107 Å². The van der Waals surface area contributed by atoms with Crippen LogP contribution in [0.4, 0.5) is 0 Å². The zero-order valence-corrected chi connectivity index (χ0v) is 43.2. The zero-order valence-electron chi connectivity index (χ0n) is 37.2. The average molecular weight is 972 g/mol. The Kier molecular flexibility index (Phi) is 18.8. The number of ether oxygens (including phenoxy) is 5. The highest BCUT2D eigenvalue weighted by Gasteiger charge is 2.58. The summed E-state index contributed by atoms with van der Waals surface area (Å²) in [7, 11) is -5.78. The Morgan fingerprint density at radius 3 is 1.98 bits per heavy atom. The van der Waals surface area contributed by atoms with Crippen LogP contribution in [0.15, 0.2) is 10.2 Å². The van der Waals surface area contributed by atoms with Crippen LogP contribution in [0.2, 0.25) is 54.4 Å². The van der Waals surface area contributed by atoms with E-state index in [0.717, 1.165) is 28.1 Å². The van der Waals surface area contributed by atoms with Gasteiger partial charge in [0.1, 0.15) is 30.5 Å². The van der Waals surface area contributed by atoms with E-state index in [0.29, 0.717) is 45.3 Å². The molecule has 0 aromatic heterocycles. The Morgan fingerprint density at radius 2 is 1.48 bits per heavy atom. The van der Waals surface area contributed by atoms with Crippen molar-refractivity contribution in [3.8, 4) is 11.8 Å². The van der Waals surface area contributed by atoms with Crippen LogP contribution in [-0.4, -0.2) is 105 Å². The number of carbonyl (C=O) groups is 1. The molecular weight excluding hydrogens is 895 g/mol. The molecule has 0 aliphatic carbocycles. The molecule has 0 amide bonds. The first-order valence-electron chi connectivity index (χ1n) is 21.1. The molecule has 3 rings (SSSR count). The molecule has 3 heterocycles. The molecule has 14 heteroatoms. The van der Waals surface area contributed by atoms with Crippen molar-refractivity contribution in [3.05, 3.63) is 10.2 Å². The molecule has 3 fully saturated rings. The third kappa shape index (κ3) is 13.3. The predicted molar refractivity (Wildman–Crippen MR) is 243 cm³/mol. The molecule has 8 atom stereocenters. The van der Waals surface area contributed by atoms with Gasteiger partial charge < -0.3 is 37.0 Å². The lowest BCUT2D eigenvalue weighted by Crippen LogP contribution is -2.69. The van der Waals surface area contributed by atoms with Gasteiger partial charge in [0.05, 0.1) is 39.0 Å².